The normalized spacial score (nSPS) is 10.6. The summed E-state index contributed by atoms with van der Waals surface area (Å²) >= 11 is 0. The molecule has 6 heteroatoms. The quantitative estimate of drug-likeness (QED) is 0.644. The summed E-state index contributed by atoms with van der Waals surface area (Å²) in [6.45, 7) is 0.308. The first-order valence-corrected chi connectivity index (χ1v) is 8.62. The van der Waals surface area contributed by atoms with Crippen LogP contribution >= 0.6 is 0 Å². The first-order chi connectivity index (χ1) is 13.6. The van der Waals surface area contributed by atoms with Gasteiger partial charge in [0.1, 0.15) is 5.82 Å². The van der Waals surface area contributed by atoms with Gasteiger partial charge < -0.3 is 10.6 Å². The van der Waals surface area contributed by atoms with E-state index in [4.69, 9.17) is 0 Å². The predicted molar refractivity (Wildman–Crippen MR) is 106 cm³/mol. The number of carbonyl (C=O) groups excluding carboxylic acids is 2. The maximum Gasteiger partial charge on any atom is 0.253 e. The number of hydrogen-bond donors (Lipinski definition) is 2. The average Bonchev–Trinajstić information content (AvgIpc) is 2.72. The van der Waals surface area contributed by atoms with Crippen molar-refractivity contribution >= 4 is 23.6 Å². The number of halogens is 1. The minimum atomic E-state index is -0.391. The van der Waals surface area contributed by atoms with Crippen LogP contribution in [0, 0.1) is 5.82 Å². The number of aromatic nitrogens is 1. The highest BCUT2D eigenvalue weighted by Crippen LogP contribution is 2.12. The molecule has 0 aliphatic rings. The van der Waals surface area contributed by atoms with Crippen LogP contribution in [0.15, 0.2) is 79.1 Å². The van der Waals surface area contributed by atoms with Crippen molar-refractivity contribution in [1.29, 1.82) is 0 Å². The number of nitrogens with zero attached hydrogens (tertiary/aromatic N) is 1. The van der Waals surface area contributed by atoms with E-state index >= 15 is 0 Å². The Morgan fingerprint density at radius 3 is 2.68 bits per heavy atom. The second-order valence-electron chi connectivity index (χ2n) is 5.97. The second-order valence-corrected chi connectivity index (χ2v) is 5.97. The molecule has 3 rings (SSSR count). The maximum atomic E-state index is 13.6. The molecule has 0 saturated heterocycles. The highest BCUT2D eigenvalue weighted by molar-refractivity contribution is 6.02. The van der Waals surface area contributed by atoms with Gasteiger partial charge in [-0.15, -0.1) is 0 Å². The van der Waals surface area contributed by atoms with Gasteiger partial charge in [-0.25, -0.2) is 4.39 Å². The number of pyridine rings is 1. The van der Waals surface area contributed by atoms with Gasteiger partial charge in [0.15, 0.2) is 0 Å². The van der Waals surface area contributed by atoms with Gasteiger partial charge >= 0.3 is 0 Å². The van der Waals surface area contributed by atoms with Crippen molar-refractivity contribution in [3.8, 4) is 0 Å². The molecule has 2 aromatic carbocycles. The molecule has 1 aromatic heterocycles. The minimum absolute atomic E-state index is 0.227. The van der Waals surface area contributed by atoms with Crippen LogP contribution in [0.25, 0.3) is 6.08 Å². The van der Waals surface area contributed by atoms with Gasteiger partial charge in [0, 0.05) is 36.3 Å². The van der Waals surface area contributed by atoms with Gasteiger partial charge in [0.25, 0.3) is 5.91 Å². The first-order valence-electron chi connectivity index (χ1n) is 8.62. The van der Waals surface area contributed by atoms with E-state index in [1.165, 1.54) is 24.4 Å². The fourth-order valence-corrected chi connectivity index (χ4v) is 2.50. The zero-order valence-corrected chi connectivity index (χ0v) is 14.9. The molecular weight excluding hydrogens is 357 g/mol. The van der Waals surface area contributed by atoms with Crippen molar-refractivity contribution in [1.82, 2.24) is 10.3 Å². The molecule has 0 radical (unpaired) electrons. The molecule has 3 aromatic rings. The van der Waals surface area contributed by atoms with Crippen molar-refractivity contribution in [3.63, 3.8) is 0 Å². The van der Waals surface area contributed by atoms with E-state index < -0.39 is 5.82 Å². The SMILES string of the molecule is O=C(/C=C/c1ccccc1F)Nc1cccc(CNC(=O)c2cccnc2)c1. The van der Waals surface area contributed by atoms with Gasteiger partial charge in [-0.05, 0) is 42.0 Å². The van der Waals surface area contributed by atoms with Crippen molar-refractivity contribution in [2.75, 3.05) is 5.32 Å². The Bertz CT molecular complexity index is 1000. The van der Waals surface area contributed by atoms with Crippen LogP contribution in [-0.4, -0.2) is 16.8 Å². The average molecular weight is 375 g/mol. The first kappa shape index (κ1) is 19.0. The smallest absolute Gasteiger partial charge is 0.253 e. The number of anilines is 1. The van der Waals surface area contributed by atoms with Crippen LogP contribution in [0.2, 0.25) is 0 Å². The summed E-state index contributed by atoms with van der Waals surface area (Å²) in [5, 5.41) is 5.52. The molecule has 28 heavy (non-hydrogen) atoms. The Kier molecular flexibility index (Phi) is 6.25. The van der Waals surface area contributed by atoms with Gasteiger partial charge in [-0.1, -0.05) is 30.3 Å². The van der Waals surface area contributed by atoms with E-state index in [0.717, 1.165) is 5.56 Å². The highest BCUT2D eigenvalue weighted by Gasteiger charge is 2.05. The molecule has 0 unspecified atom stereocenters. The van der Waals surface area contributed by atoms with Crippen molar-refractivity contribution in [2.24, 2.45) is 0 Å². The summed E-state index contributed by atoms with van der Waals surface area (Å²) in [7, 11) is 0. The van der Waals surface area contributed by atoms with E-state index in [9.17, 15) is 14.0 Å². The van der Waals surface area contributed by atoms with Gasteiger partial charge in [0.2, 0.25) is 5.91 Å². The fourth-order valence-electron chi connectivity index (χ4n) is 2.50. The highest BCUT2D eigenvalue weighted by atomic mass is 19.1. The van der Waals surface area contributed by atoms with E-state index in [1.54, 1.807) is 54.7 Å². The van der Waals surface area contributed by atoms with E-state index in [0.29, 0.717) is 23.4 Å². The van der Waals surface area contributed by atoms with Gasteiger partial charge in [-0.2, -0.15) is 0 Å². The Labute approximate surface area is 161 Å². The number of benzene rings is 2. The zero-order chi connectivity index (χ0) is 19.8. The lowest BCUT2D eigenvalue weighted by Gasteiger charge is -2.08. The summed E-state index contributed by atoms with van der Waals surface area (Å²) in [6.07, 6.45) is 5.79. The standard InChI is InChI=1S/C22H18FN3O2/c23-20-9-2-1-6-17(20)10-11-21(27)26-19-8-3-5-16(13-19)14-25-22(28)18-7-4-12-24-15-18/h1-13,15H,14H2,(H,25,28)(H,26,27)/b11-10+. The van der Waals surface area contributed by atoms with Crippen molar-refractivity contribution < 1.29 is 14.0 Å². The largest absolute Gasteiger partial charge is 0.348 e. The third-order valence-electron chi connectivity index (χ3n) is 3.89. The van der Waals surface area contributed by atoms with Crippen molar-refractivity contribution in [3.05, 3.63) is 102 Å². The molecule has 0 aliphatic heterocycles. The van der Waals surface area contributed by atoms with E-state index in [1.807, 2.05) is 6.07 Å². The molecule has 0 saturated carbocycles. The summed E-state index contributed by atoms with van der Waals surface area (Å²) in [5.41, 5.74) is 2.22. The predicted octanol–water partition coefficient (Wildman–Crippen LogP) is 3.80. The molecule has 2 N–H and O–H groups in total. The fraction of sp³-hybridized carbons (Fsp3) is 0.0455. The lowest BCUT2D eigenvalue weighted by Crippen LogP contribution is -2.22. The van der Waals surface area contributed by atoms with Gasteiger partial charge in [0.05, 0.1) is 5.56 Å². The third kappa shape index (κ3) is 5.35. The Balaban J connectivity index is 1.58. The maximum absolute atomic E-state index is 13.6. The summed E-state index contributed by atoms with van der Waals surface area (Å²) in [4.78, 5) is 28.0. The molecule has 0 spiro atoms. The van der Waals surface area contributed by atoms with Crippen LogP contribution < -0.4 is 10.6 Å². The van der Waals surface area contributed by atoms with Crippen LogP contribution in [0.3, 0.4) is 0 Å². The number of carbonyl (C=O) groups is 2. The van der Waals surface area contributed by atoms with Crippen LogP contribution in [-0.2, 0) is 11.3 Å². The van der Waals surface area contributed by atoms with E-state index in [-0.39, 0.29) is 11.8 Å². The lowest BCUT2D eigenvalue weighted by molar-refractivity contribution is -0.111. The van der Waals surface area contributed by atoms with Crippen LogP contribution in [0.1, 0.15) is 21.5 Å². The summed E-state index contributed by atoms with van der Waals surface area (Å²) < 4.78 is 13.6. The molecule has 140 valence electrons. The van der Waals surface area contributed by atoms with Crippen LogP contribution in [0.5, 0.6) is 0 Å². The summed E-state index contributed by atoms with van der Waals surface area (Å²) in [6, 6.07) is 16.7. The second kappa shape index (κ2) is 9.23. The molecule has 0 bridgehead atoms. The minimum Gasteiger partial charge on any atom is -0.348 e. The van der Waals surface area contributed by atoms with Gasteiger partial charge in [-0.3, -0.25) is 14.6 Å². The number of amides is 2. The number of nitrogens with one attached hydrogen (secondary N) is 2. The topological polar surface area (TPSA) is 71.1 Å². The molecular formula is C22H18FN3O2. The monoisotopic (exact) mass is 375 g/mol. The third-order valence-corrected chi connectivity index (χ3v) is 3.89. The Morgan fingerprint density at radius 2 is 1.89 bits per heavy atom. The summed E-state index contributed by atoms with van der Waals surface area (Å²) in [5.74, 6) is -0.993. The van der Waals surface area contributed by atoms with Crippen LogP contribution in [0.4, 0.5) is 10.1 Å². The number of rotatable bonds is 6. The molecule has 0 fully saturated rings. The number of hydrogen-bond acceptors (Lipinski definition) is 3. The Morgan fingerprint density at radius 1 is 1.04 bits per heavy atom. The van der Waals surface area contributed by atoms with Crippen molar-refractivity contribution in [2.45, 2.75) is 6.54 Å². The lowest BCUT2D eigenvalue weighted by atomic mass is 10.2. The Hall–Kier alpha value is -3.80. The molecule has 1 heterocycles. The zero-order valence-electron chi connectivity index (χ0n) is 14.9. The molecule has 0 aliphatic carbocycles. The molecule has 5 nitrogen and oxygen atoms in total. The molecule has 0 atom stereocenters. The molecule has 2 amide bonds. The van der Waals surface area contributed by atoms with E-state index in [2.05, 4.69) is 15.6 Å².